The van der Waals surface area contributed by atoms with Crippen LogP contribution in [0.25, 0.3) is 0 Å². The lowest BCUT2D eigenvalue weighted by Crippen LogP contribution is -2.21. The zero-order valence-electron chi connectivity index (χ0n) is 10.1. The maximum Gasteiger partial charge on any atom is 0.145 e. The number of thiophene rings is 1. The summed E-state index contributed by atoms with van der Waals surface area (Å²) in [6.07, 6.45) is -0.603. The SMILES string of the molecule is N#Cc1cccc(CNCC(O)c2ccsc2)c1F. The summed E-state index contributed by atoms with van der Waals surface area (Å²) in [6, 6.07) is 8.38. The van der Waals surface area contributed by atoms with Crippen molar-refractivity contribution < 1.29 is 9.50 Å². The Morgan fingerprint density at radius 3 is 2.95 bits per heavy atom. The predicted molar refractivity (Wildman–Crippen MR) is 72.1 cm³/mol. The van der Waals surface area contributed by atoms with Gasteiger partial charge in [-0.25, -0.2) is 4.39 Å². The van der Waals surface area contributed by atoms with E-state index in [0.717, 1.165) is 5.56 Å². The molecule has 0 aliphatic rings. The smallest absolute Gasteiger partial charge is 0.145 e. The van der Waals surface area contributed by atoms with Gasteiger partial charge in [0, 0.05) is 18.7 Å². The molecule has 0 aliphatic heterocycles. The third-order valence-electron chi connectivity index (χ3n) is 2.78. The van der Waals surface area contributed by atoms with Crippen molar-refractivity contribution >= 4 is 11.3 Å². The van der Waals surface area contributed by atoms with E-state index < -0.39 is 11.9 Å². The molecule has 0 aliphatic carbocycles. The summed E-state index contributed by atoms with van der Waals surface area (Å²) in [6.45, 7) is 0.621. The quantitative estimate of drug-likeness (QED) is 0.882. The highest BCUT2D eigenvalue weighted by Crippen LogP contribution is 2.16. The van der Waals surface area contributed by atoms with Crippen molar-refractivity contribution in [3.8, 4) is 6.07 Å². The Bertz CT molecular complexity index is 578. The topological polar surface area (TPSA) is 56.0 Å². The molecule has 3 nitrogen and oxygen atoms in total. The van der Waals surface area contributed by atoms with Gasteiger partial charge in [0.1, 0.15) is 11.9 Å². The van der Waals surface area contributed by atoms with E-state index in [1.807, 2.05) is 16.8 Å². The minimum Gasteiger partial charge on any atom is -0.387 e. The molecule has 2 rings (SSSR count). The first-order chi connectivity index (χ1) is 9.22. The minimum atomic E-state index is -0.603. The first-order valence-corrected chi connectivity index (χ1v) is 6.75. The molecule has 0 fully saturated rings. The highest BCUT2D eigenvalue weighted by atomic mass is 32.1. The number of halogens is 1. The Morgan fingerprint density at radius 2 is 2.26 bits per heavy atom. The molecule has 1 aromatic heterocycles. The van der Waals surface area contributed by atoms with Crippen LogP contribution in [0.3, 0.4) is 0 Å². The third kappa shape index (κ3) is 3.38. The molecule has 1 aromatic carbocycles. The second-order valence-electron chi connectivity index (χ2n) is 4.09. The highest BCUT2D eigenvalue weighted by Gasteiger charge is 2.10. The van der Waals surface area contributed by atoms with E-state index in [1.165, 1.54) is 17.4 Å². The van der Waals surface area contributed by atoms with Gasteiger partial charge in [0.25, 0.3) is 0 Å². The molecule has 2 N–H and O–H groups in total. The molecule has 0 saturated heterocycles. The fraction of sp³-hybridized carbons (Fsp3) is 0.214. The molecule has 19 heavy (non-hydrogen) atoms. The van der Waals surface area contributed by atoms with Gasteiger partial charge < -0.3 is 10.4 Å². The lowest BCUT2D eigenvalue weighted by molar-refractivity contribution is 0.174. The van der Waals surface area contributed by atoms with E-state index in [9.17, 15) is 9.50 Å². The second kappa shape index (κ2) is 6.43. The standard InChI is InChI=1S/C14H13FN2OS/c15-14-10(6-16)2-1-3-11(14)7-17-8-13(18)12-4-5-19-9-12/h1-5,9,13,17-18H,7-8H2. The van der Waals surface area contributed by atoms with E-state index in [-0.39, 0.29) is 12.1 Å². The number of hydrogen-bond acceptors (Lipinski definition) is 4. The van der Waals surface area contributed by atoms with Crippen LogP contribution in [0.5, 0.6) is 0 Å². The Morgan fingerprint density at radius 1 is 1.42 bits per heavy atom. The molecule has 1 unspecified atom stereocenters. The van der Waals surface area contributed by atoms with Crippen LogP contribution in [0, 0.1) is 17.1 Å². The largest absolute Gasteiger partial charge is 0.387 e. The normalized spacial score (nSPS) is 12.1. The van der Waals surface area contributed by atoms with Crippen molar-refractivity contribution in [3.63, 3.8) is 0 Å². The lowest BCUT2D eigenvalue weighted by atomic mass is 10.1. The number of nitrogens with one attached hydrogen (secondary N) is 1. The van der Waals surface area contributed by atoms with Crippen LogP contribution < -0.4 is 5.32 Å². The summed E-state index contributed by atoms with van der Waals surface area (Å²) in [5, 5.41) is 25.4. The number of rotatable bonds is 5. The van der Waals surface area contributed by atoms with Crippen molar-refractivity contribution in [2.75, 3.05) is 6.54 Å². The number of hydrogen-bond donors (Lipinski definition) is 2. The summed E-state index contributed by atoms with van der Waals surface area (Å²) < 4.78 is 13.7. The van der Waals surface area contributed by atoms with Crippen LogP contribution >= 0.6 is 11.3 Å². The van der Waals surface area contributed by atoms with Crippen molar-refractivity contribution in [2.24, 2.45) is 0 Å². The van der Waals surface area contributed by atoms with Crippen LogP contribution in [0.2, 0.25) is 0 Å². The Hall–Kier alpha value is -1.74. The molecule has 0 bridgehead atoms. The first-order valence-electron chi connectivity index (χ1n) is 5.80. The van der Waals surface area contributed by atoms with Gasteiger partial charge in [-0.05, 0) is 28.5 Å². The van der Waals surface area contributed by atoms with Gasteiger partial charge >= 0.3 is 0 Å². The van der Waals surface area contributed by atoms with Gasteiger partial charge in [0.05, 0.1) is 11.7 Å². The predicted octanol–water partition coefficient (Wildman–Crippen LogP) is 2.58. The molecule has 0 saturated carbocycles. The van der Waals surface area contributed by atoms with Crippen molar-refractivity contribution in [2.45, 2.75) is 12.6 Å². The van der Waals surface area contributed by atoms with Crippen molar-refractivity contribution in [1.82, 2.24) is 5.32 Å². The fourth-order valence-corrected chi connectivity index (χ4v) is 2.44. The Labute approximate surface area is 114 Å². The van der Waals surface area contributed by atoms with Gasteiger partial charge in [0.2, 0.25) is 0 Å². The summed E-state index contributed by atoms with van der Waals surface area (Å²) in [7, 11) is 0. The number of nitriles is 1. The summed E-state index contributed by atoms with van der Waals surface area (Å²) in [4.78, 5) is 0. The molecular formula is C14H13FN2OS. The highest BCUT2D eigenvalue weighted by molar-refractivity contribution is 7.07. The number of benzene rings is 1. The van der Waals surface area contributed by atoms with Crippen LogP contribution in [0.15, 0.2) is 35.0 Å². The van der Waals surface area contributed by atoms with Crippen molar-refractivity contribution in [3.05, 3.63) is 57.5 Å². The summed E-state index contributed by atoms with van der Waals surface area (Å²) in [5.74, 6) is -0.498. The van der Waals surface area contributed by atoms with E-state index >= 15 is 0 Å². The van der Waals surface area contributed by atoms with Gasteiger partial charge in [-0.1, -0.05) is 12.1 Å². The van der Waals surface area contributed by atoms with E-state index in [2.05, 4.69) is 5.32 Å². The molecule has 0 amide bonds. The fourth-order valence-electron chi connectivity index (χ4n) is 1.73. The van der Waals surface area contributed by atoms with Crippen LogP contribution in [-0.2, 0) is 6.54 Å². The van der Waals surface area contributed by atoms with Crippen LogP contribution in [0.1, 0.15) is 22.8 Å². The average molecular weight is 276 g/mol. The molecule has 1 atom stereocenters. The molecule has 98 valence electrons. The third-order valence-corrected chi connectivity index (χ3v) is 3.48. The van der Waals surface area contributed by atoms with E-state index in [4.69, 9.17) is 5.26 Å². The van der Waals surface area contributed by atoms with Crippen LogP contribution in [-0.4, -0.2) is 11.7 Å². The average Bonchev–Trinajstić information content (AvgIpc) is 2.94. The zero-order chi connectivity index (χ0) is 13.7. The monoisotopic (exact) mass is 276 g/mol. The molecule has 0 radical (unpaired) electrons. The molecule has 0 spiro atoms. The van der Waals surface area contributed by atoms with Gasteiger partial charge in [-0.15, -0.1) is 0 Å². The van der Waals surface area contributed by atoms with Gasteiger partial charge in [0.15, 0.2) is 0 Å². The molecule has 5 heteroatoms. The Kier molecular flexibility index (Phi) is 4.63. The summed E-state index contributed by atoms with van der Waals surface area (Å²) >= 11 is 1.52. The number of aliphatic hydroxyl groups is 1. The Balaban J connectivity index is 1.91. The van der Waals surface area contributed by atoms with Crippen molar-refractivity contribution in [1.29, 1.82) is 5.26 Å². The minimum absolute atomic E-state index is 0.0395. The van der Waals surface area contributed by atoms with E-state index in [0.29, 0.717) is 12.1 Å². The second-order valence-corrected chi connectivity index (χ2v) is 4.87. The lowest BCUT2D eigenvalue weighted by Gasteiger charge is -2.11. The van der Waals surface area contributed by atoms with Gasteiger partial charge in [-0.3, -0.25) is 0 Å². The number of nitrogens with zero attached hydrogens (tertiary/aromatic N) is 1. The number of aliphatic hydroxyl groups excluding tert-OH is 1. The molecule has 2 aromatic rings. The van der Waals surface area contributed by atoms with Crippen LogP contribution in [0.4, 0.5) is 4.39 Å². The zero-order valence-corrected chi connectivity index (χ0v) is 11.0. The maximum atomic E-state index is 13.7. The first kappa shape index (κ1) is 13.7. The van der Waals surface area contributed by atoms with E-state index in [1.54, 1.807) is 18.2 Å². The van der Waals surface area contributed by atoms with Gasteiger partial charge in [-0.2, -0.15) is 16.6 Å². The molecular weight excluding hydrogens is 263 g/mol. The maximum absolute atomic E-state index is 13.7. The summed E-state index contributed by atoms with van der Waals surface area (Å²) in [5.41, 5.74) is 1.32. The molecule has 1 heterocycles.